The molecule has 0 saturated heterocycles. The predicted octanol–water partition coefficient (Wildman–Crippen LogP) is 2.86. The number of ether oxygens (including phenoxy) is 2. The number of carbonyl (C=O) groups excluding carboxylic acids is 1. The molecule has 3 nitrogen and oxygen atoms in total. The van der Waals surface area contributed by atoms with Crippen molar-refractivity contribution in [2.45, 2.75) is 26.7 Å². The minimum absolute atomic E-state index is 0.222. The molecule has 0 aliphatic heterocycles. The van der Waals surface area contributed by atoms with Crippen LogP contribution in [0.3, 0.4) is 0 Å². The molecule has 94 valence electrons. The Kier molecular flexibility index (Phi) is 5.01. The van der Waals surface area contributed by atoms with Crippen molar-refractivity contribution in [3.63, 3.8) is 0 Å². The van der Waals surface area contributed by atoms with Crippen molar-refractivity contribution in [1.82, 2.24) is 0 Å². The molecule has 0 heterocycles. The van der Waals surface area contributed by atoms with Crippen molar-refractivity contribution in [1.29, 1.82) is 0 Å². The van der Waals surface area contributed by atoms with Crippen molar-refractivity contribution < 1.29 is 14.3 Å². The number of rotatable bonds is 6. The van der Waals surface area contributed by atoms with E-state index in [9.17, 15) is 4.79 Å². The van der Waals surface area contributed by atoms with Crippen LogP contribution in [-0.2, 0) is 11.2 Å². The largest absolute Gasteiger partial charge is 0.497 e. The number of ketones is 1. The van der Waals surface area contributed by atoms with E-state index in [1.807, 2.05) is 18.2 Å². The van der Waals surface area contributed by atoms with Gasteiger partial charge >= 0.3 is 0 Å². The molecule has 1 unspecified atom stereocenters. The van der Waals surface area contributed by atoms with E-state index >= 15 is 0 Å². The first-order valence-electron chi connectivity index (χ1n) is 5.77. The highest BCUT2D eigenvalue weighted by atomic mass is 16.5. The SMILES string of the molecule is COc1ccc(OC)c(CC(C)CC(C)=O)c1. The normalized spacial score (nSPS) is 12.0. The maximum absolute atomic E-state index is 11.1. The zero-order chi connectivity index (χ0) is 12.8. The number of benzene rings is 1. The Morgan fingerprint density at radius 1 is 1.29 bits per heavy atom. The van der Waals surface area contributed by atoms with E-state index < -0.39 is 0 Å². The molecule has 0 saturated carbocycles. The number of Topliss-reactive ketones (excluding diaryl/α,β-unsaturated/α-hetero) is 1. The fourth-order valence-electron chi connectivity index (χ4n) is 1.98. The third-order valence-corrected chi connectivity index (χ3v) is 2.69. The van der Waals surface area contributed by atoms with Crippen LogP contribution >= 0.6 is 0 Å². The van der Waals surface area contributed by atoms with E-state index in [-0.39, 0.29) is 5.78 Å². The molecule has 3 heteroatoms. The van der Waals surface area contributed by atoms with Crippen LogP contribution < -0.4 is 9.47 Å². The van der Waals surface area contributed by atoms with Crippen molar-refractivity contribution in [2.24, 2.45) is 5.92 Å². The Morgan fingerprint density at radius 2 is 2.00 bits per heavy atom. The van der Waals surface area contributed by atoms with Gasteiger partial charge in [-0.2, -0.15) is 0 Å². The van der Waals surface area contributed by atoms with Gasteiger partial charge in [0.2, 0.25) is 0 Å². The number of hydrogen-bond donors (Lipinski definition) is 0. The summed E-state index contributed by atoms with van der Waals surface area (Å²) in [6.07, 6.45) is 1.42. The maximum Gasteiger partial charge on any atom is 0.130 e. The number of hydrogen-bond acceptors (Lipinski definition) is 3. The van der Waals surface area contributed by atoms with Gasteiger partial charge in [0, 0.05) is 6.42 Å². The van der Waals surface area contributed by atoms with Gasteiger partial charge in [0.1, 0.15) is 17.3 Å². The average Bonchev–Trinajstić information content (AvgIpc) is 2.27. The molecule has 0 radical (unpaired) electrons. The molecule has 17 heavy (non-hydrogen) atoms. The topological polar surface area (TPSA) is 35.5 Å². The van der Waals surface area contributed by atoms with E-state index in [0.29, 0.717) is 12.3 Å². The lowest BCUT2D eigenvalue weighted by atomic mass is 9.96. The van der Waals surface area contributed by atoms with E-state index in [1.54, 1.807) is 21.1 Å². The second-order valence-corrected chi connectivity index (χ2v) is 4.39. The average molecular weight is 236 g/mol. The Labute approximate surface area is 103 Å². The van der Waals surface area contributed by atoms with Gasteiger partial charge in [-0.25, -0.2) is 0 Å². The molecule has 0 amide bonds. The van der Waals surface area contributed by atoms with Gasteiger partial charge in [-0.15, -0.1) is 0 Å². The number of carbonyl (C=O) groups is 1. The molecular formula is C14H20O3. The summed E-state index contributed by atoms with van der Waals surface area (Å²) in [7, 11) is 3.30. The van der Waals surface area contributed by atoms with Crippen molar-refractivity contribution >= 4 is 5.78 Å². The lowest BCUT2D eigenvalue weighted by Crippen LogP contribution is -2.06. The van der Waals surface area contributed by atoms with Gasteiger partial charge in [0.05, 0.1) is 14.2 Å². The van der Waals surface area contributed by atoms with Gasteiger partial charge in [-0.3, -0.25) is 0 Å². The molecular weight excluding hydrogens is 216 g/mol. The molecule has 0 aliphatic rings. The second kappa shape index (κ2) is 6.28. The molecule has 0 aromatic heterocycles. The fraction of sp³-hybridized carbons (Fsp3) is 0.500. The van der Waals surface area contributed by atoms with Gasteiger partial charge in [0.15, 0.2) is 0 Å². The molecule has 1 rings (SSSR count). The summed E-state index contributed by atoms with van der Waals surface area (Å²) in [5, 5.41) is 0. The molecule has 0 spiro atoms. The first kappa shape index (κ1) is 13.6. The molecule has 0 bridgehead atoms. The zero-order valence-electron chi connectivity index (χ0n) is 10.9. The first-order valence-corrected chi connectivity index (χ1v) is 5.77. The maximum atomic E-state index is 11.1. The minimum atomic E-state index is 0.222. The highest BCUT2D eigenvalue weighted by Crippen LogP contribution is 2.27. The second-order valence-electron chi connectivity index (χ2n) is 4.39. The molecule has 1 atom stereocenters. The molecule has 1 aromatic rings. The Balaban J connectivity index is 2.83. The molecule has 0 N–H and O–H groups in total. The summed E-state index contributed by atoms with van der Waals surface area (Å²) in [5.41, 5.74) is 1.08. The van der Waals surface area contributed by atoms with E-state index in [0.717, 1.165) is 23.5 Å². The quantitative estimate of drug-likeness (QED) is 0.762. The first-order chi connectivity index (χ1) is 8.06. The van der Waals surface area contributed by atoms with Crippen LogP contribution in [0.4, 0.5) is 0 Å². The fourth-order valence-corrected chi connectivity index (χ4v) is 1.98. The van der Waals surface area contributed by atoms with Crippen LogP contribution in [0.1, 0.15) is 25.8 Å². The van der Waals surface area contributed by atoms with Crippen LogP contribution in [0.25, 0.3) is 0 Å². The lowest BCUT2D eigenvalue weighted by molar-refractivity contribution is -0.117. The summed E-state index contributed by atoms with van der Waals surface area (Å²) >= 11 is 0. The Bertz CT molecular complexity index is 385. The molecule has 1 aromatic carbocycles. The van der Waals surface area contributed by atoms with E-state index in [1.165, 1.54) is 0 Å². The summed E-state index contributed by atoms with van der Waals surface area (Å²) in [5.74, 6) is 2.20. The van der Waals surface area contributed by atoms with Crippen LogP contribution in [0.5, 0.6) is 11.5 Å². The molecule has 0 aliphatic carbocycles. The van der Waals surface area contributed by atoms with Crippen molar-refractivity contribution in [2.75, 3.05) is 14.2 Å². The third-order valence-electron chi connectivity index (χ3n) is 2.69. The van der Waals surface area contributed by atoms with Gasteiger partial charge < -0.3 is 14.3 Å². The van der Waals surface area contributed by atoms with Crippen LogP contribution in [0, 0.1) is 5.92 Å². The monoisotopic (exact) mass is 236 g/mol. The van der Waals surface area contributed by atoms with Crippen molar-refractivity contribution in [3.05, 3.63) is 23.8 Å². The number of methoxy groups -OCH3 is 2. The van der Waals surface area contributed by atoms with E-state index in [2.05, 4.69) is 6.92 Å². The minimum Gasteiger partial charge on any atom is -0.497 e. The standard InChI is InChI=1S/C14H20O3/c1-10(7-11(2)15)8-12-9-13(16-3)5-6-14(12)17-4/h5-6,9-10H,7-8H2,1-4H3. The van der Waals surface area contributed by atoms with Gasteiger partial charge in [0.25, 0.3) is 0 Å². The van der Waals surface area contributed by atoms with E-state index in [4.69, 9.17) is 9.47 Å². The highest BCUT2D eigenvalue weighted by Gasteiger charge is 2.11. The lowest BCUT2D eigenvalue weighted by Gasteiger charge is -2.14. The highest BCUT2D eigenvalue weighted by molar-refractivity contribution is 5.75. The zero-order valence-corrected chi connectivity index (χ0v) is 10.9. The third kappa shape index (κ3) is 4.10. The summed E-state index contributed by atoms with van der Waals surface area (Å²) in [4.78, 5) is 11.1. The summed E-state index contributed by atoms with van der Waals surface area (Å²) in [6, 6.07) is 5.74. The molecule has 0 fully saturated rings. The predicted molar refractivity (Wildman–Crippen MR) is 67.7 cm³/mol. The summed E-state index contributed by atoms with van der Waals surface area (Å²) < 4.78 is 10.5. The smallest absolute Gasteiger partial charge is 0.130 e. The Hall–Kier alpha value is -1.51. The van der Waals surface area contributed by atoms with Gasteiger partial charge in [-0.05, 0) is 43.0 Å². The summed E-state index contributed by atoms with van der Waals surface area (Å²) in [6.45, 7) is 3.69. The van der Waals surface area contributed by atoms with Crippen LogP contribution in [0.2, 0.25) is 0 Å². The van der Waals surface area contributed by atoms with Crippen LogP contribution in [-0.4, -0.2) is 20.0 Å². The van der Waals surface area contributed by atoms with Crippen molar-refractivity contribution in [3.8, 4) is 11.5 Å². The Morgan fingerprint density at radius 3 is 2.53 bits per heavy atom. The van der Waals surface area contributed by atoms with Gasteiger partial charge in [-0.1, -0.05) is 6.92 Å². The van der Waals surface area contributed by atoms with Crippen LogP contribution in [0.15, 0.2) is 18.2 Å².